The smallest absolute Gasteiger partial charge is 0.278 e. The third-order valence-electron chi connectivity index (χ3n) is 6.00. The van der Waals surface area contributed by atoms with Crippen molar-refractivity contribution in [1.82, 2.24) is 29.4 Å². The summed E-state index contributed by atoms with van der Waals surface area (Å²) in [5, 5.41) is 13.4. The normalized spacial score (nSPS) is 13.5. The topological polar surface area (TPSA) is 105 Å². The average molecular weight is 489 g/mol. The van der Waals surface area contributed by atoms with Gasteiger partial charge in [-0.1, -0.05) is 18.1 Å². The van der Waals surface area contributed by atoms with E-state index in [1.54, 1.807) is 13.1 Å². The molecular formula is C25H25ClN8O. The van der Waals surface area contributed by atoms with Crippen molar-refractivity contribution in [1.29, 1.82) is 5.26 Å². The molecule has 9 nitrogen and oxygen atoms in total. The molecule has 0 spiro atoms. The minimum atomic E-state index is -0.228. The number of hydrogen-bond acceptors (Lipinski definition) is 7. The minimum absolute atomic E-state index is 0. The van der Waals surface area contributed by atoms with Crippen LogP contribution in [0.2, 0.25) is 0 Å². The molecule has 35 heavy (non-hydrogen) atoms. The molecule has 0 aliphatic carbocycles. The van der Waals surface area contributed by atoms with E-state index in [1.807, 2.05) is 28.8 Å². The van der Waals surface area contributed by atoms with Crippen molar-refractivity contribution in [3.05, 3.63) is 58.4 Å². The van der Waals surface area contributed by atoms with E-state index in [0.717, 1.165) is 49.5 Å². The number of para-hydroxylation sites is 2. The van der Waals surface area contributed by atoms with Gasteiger partial charge < -0.3 is 14.8 Å². The number of benzene rings is 1. The summed E-state index contributed by atoms with van der Waals surface area (Å²) in [7, 11) is 0. The van der Waals surface area contributed by atoms with Gasteiger partial charge in [-0.05, 0) is 32.0 Å². The fourth-order valence-corrected chi connectivity index (χ4v) is 4.41. The maximum absolute atomic E-state index is 13.7. The molecule has 4 aromatic rings. The number of nitriles is 1. The summed E-state index contributed by atoms with van der Waals surface area (Å²) in [5.74, 6) is 6.70. The van der Waals surface area contributed by atoms with Crippen LogP contribution in [-0.4, -0.2) is 50.3 Å². The van der Waals surface area contributed by atoms with Crippen molar-refractivity contribution >= 4 is 40.3 Å². The van der Waals surface area contributed by atoms with Crippen LogP contribution < -0.4 is 15.8 Å². The van der Waals surface area contributed by atoms with E-state index < -0.39 is 0 Å². The summed E-state index contributed by atoms with van der Waals surface area (Å²) in [6.45, 7) is 5.57. The van der Waals surface area contributed by atoms with Crippen molar-refractivity contribution in [3.8, 4) is 17.9 Å². The Hall–Kier alpha value is -3.92. The summed E-state index contributed by atoms with van der Waals surface area (Å²) >= 11 is 0. The Morgan fingerprint density at radius 3 is 2.77 bits per heavy atom. The Balaban J connectivity index is 0.00000289. The van der Waals surface area contributed by atoms with Crippen LogP contribution in [0, 0.1) is 23.2 Å². The zero-order valence-corrected chi connectivity index (χ0v) is 20.2. The SMILES string of the molecule is CC#CCn1c(N2CCCNCC2)c(C#N)c2ncn(Cc3cnc4ccccc4n3)c(=O)c21.Cl. The van der Waals surface area contributed by atoms with Crippen LogP contribution in [-0.2, 0) is 13.1 Å². The second-order valence-corrected chi connectivity index (χ2v) is 8.14. The quantitative estimate of drug-likeness (QED) is 0.439. The number of hydrogen-bond donors (Lipinski definition) is 1. The number of aromatic nitrogens is 5. The molecule has 1 saturated heterocycles. The summed E-state index contributed by atoms with van der Waals surface area (Å²) in [5.41, 5.74) is 3.23. The maximum atomic E-state index is 13.7. The van der Waals surface area contributed by atoms with E-state index >= 15 is 0 Å². The van der Waals surface area contributed by atoms with E-state index in [0.29, 0.717) is 28.8 Å². The minimum Gasteiger partial charge on any atom is -0.355 e. The molecule has 1 aromatic carbocycles. The summed E-state index contributed by atoms with van der Waals surface area (Å²) in [6.07, 6.45) is 4.12. The van der Waals surface area contributed by atoms with Gasteiger partial charge in [-0.2, -0.15) is 5.26 Å². The lowest BCUT2D eigenvalue weighted by Crippen LogP contribution is -2.31. The Labute approximate surface area is 208 Å². The van der Waals surface area contributed by atoms with Crippen LogP contribution in [0.5, 0.6) is 0 Å². The molecule has 10 heteroatoms. The van der Waals surface area contributed by atoms with Gasteiger partial charge >= 0.3 is 0 Å². The highest BCUT2D eigenvalue weighted by atomic mass is 35.5. The summed E-state index contributed by atoms with van der Waals surface area (Å²) in [4.78, 5) is 29.5. The first-order valence-corrected chi connectivity index (χ1v) is 11.3. The van der Waals surface area contributed by atoms with Crippen LogP contribution >= 0.6 is 12.4 Å². The second kappa shape index (κ2) is 10.6. The van der Waals surface area contributed by atoms with Crippen molar-refractivity contribution in [2.45, 2.75) is 26.4 Å². The monoisotopic (exact) mass is 488 g/mol. The molecule has 4 heterocycles. The second-order valence-electron chi connectivity index (χ2n) is 8.14. The molecule has 3 aromatic heterocycles. The van der Waals surface area contributed by atoms with Crippen LogP contribution in [0.3, 0.4) is 0 Å². The Bertz CT molecular complexity index is 1530. The molecule has 178 valence electrons. The fraction of sp³-hybridized carbons (Fsp3) is 0.320. The third-order valence-corrected chi connectivity index (χ3v) is 6.00. The van der Waals surface area contributed by atoms with Gasteiger partial charge in [0, 0.05) is 19.6 Å². The number of rotatable bonds is 4. The molecule has 1 aliphatic rings. The van der Waals surface area contributed by atoms with Gasteiger partial charge in [0.1, 0.15) is 28.5 Å². The first kappa shape index (κ1) is 24.2. The van der Waals surface area contributed by atoms with Gasteiger partial charge in [-0.3, -0.25) is 14.3 Å². The highest BCUT2D eigenvalue weighted by Crippen LogP contribution is 2.30. The molecule has 1 aliphatic heterocycles. The standard InChI is InChI=1S/C25H24N8O.ClH/c1-2-3-12-33-23-22(19(14-26)24(33)31-11-6-9-27-10-13-31)29-17-32(25(23)34)16-18-15-28-20-7-4-5-8-21(20)30-18;/h4-5,7-8,15,17,27H,6,9-13,16H2,1H3;1H. The zero-order valence-electron chi connectivity index (χ0n) is 19.4. The largest absolute Gasteiger partial charge is 0.355 e. The number of anilines is 1. The molecule has 0 radical (unpaired) electrons. The first-order chi connectivity index (χ1) is 16.7. The van der Waals surface area contributed by atoms with Crippen LogP contribution in [0.1, 0.15) is 24.6 Å². The maximum Gasteiger partial charge on any atom is 0.278 e. The van der Waals surface area contributed by atoms with Crippen molar-refractivity contribution in [2.24, 2.45) is 0 Å². The van der Waals surface area contributed by atoms with Crippen LogP contribution in [0.4, 0.5) is 5.82 Å². The molecule has 0 saturated carbocycles. The van der Waals surface area contributed by atoms with Crippen molar-refractivity contribution in [2.75, 3.05) is 31.1 Å². The van der Waals surface area contributed by atoms with Gasteiger partial charge in [-0.15, -0.1) is 18.3 Å². The molecule has 0 unspecified atom stereocenters. The lowest BCUT2D eigenvalue weighted by Gasteiger charge is -2.24. The fourth-order valence-electron chi connectivity index (χ4n) is 4.41. The molecule has 0 bridgehead atoms. The Kier molecular flexibility index (Phi) is 7.31. The van der Waals surface area contributed by atoms with Gasteiger partial charge in [-0.25, -0.2) is 9.97 Å². The molecule has 0 atom stereocenters. The van der Waals surface area contributed by atoms with Crippen LogP contribution in [0.15, 0.2) is 41.6 Å². The molecule has 1 N–H and O–H groups in total. The van der Waals surface area contributed by atoms with Gasteiger partial charge in [0.25, 0.3) is 5.56 Å². The van der Waals surface area contributed by atoms with Gasteiger partial charge in [0.15, 0.2) is 0 Å². The van der Waals surface area contributed by atoms with E-state index in [-0.39, 0.29) is 24.5 Å². The van der Waals surface area contributed by atoms with Crippen molar-refractivity contribution < 1.29 is 0 Å². The van der Waals surface area contributed by atoms with Crippen LogP contribution in [0.25, 0.3) is 22.1 Å². The zero-order chi connectivity index (χ0) is 23.5. The van der Waals surface area contributed by atoms with Gasteiger partial charge in [0.05, 0.1) is 42.3 Å². The number of halogens is 1. The lowest BCUT2D eigenvalue weighted by molar-refractivity contribution is 0.715. The number of fused-ring (bicyclic) bond motifs is 2. The lowest BCUT2D eigenvalue weighted by atomic mass is 10.2. The first-order valence-electron chi connectivity index (χ1n) is 11.3. The Morgan fingerprint density at radius 1 is 1.14 bits per heavy atom. The number of nitrogens with one attached hydrogen (secondary N) is 1. The molecule has 1 fully saturated rings. The predicted octanol–water partition coefficient (Wildman–Crippen LogP) is 2.31. The molecular weight excluding hydrogens is 464 g/mol. The van der Waals surface area contributed by atoms with Crippen molar-refractivity contribution in [3.63, 3.8) is 0 Å². The predicted molar refractivity (Wildman–Crippen MR) is 138 cm³/mol. The highest BCUT2D eigenvalue weighted by Gasteiger charge is 2.26. The van der Waals surface area contributed by atoms with E-state index in [2.05, 4.69) is 43.1 Å². The summed E-state index contributed by atoms with van der Waals surface area (Å²) in [6, 6.07) is 9.92. The average Bonchev–Trinajstić information content (AvgIpc) is 2.99. The third kappa shape index (κ3) is 4.57. The van der Waals surface area contributed by atoms with E-state index in [1.165, 1.54) is 10.9 Å². The van der Waals surface area contributed by atoms with E-state index in [4.69, 9.17) is 0 Å². The molecule has 0 amide bonds. The Morgan fingerprint density at radius 2 is 1.97 bits per heavy atom. The summed E-state index contributed by atoms with van der Waals surface area (Å²) < 4.78 is 3.37. The van der Waals surface area contributed by atoms with E-state index in [9.17, 15) is 10.1 Å². The highest BCUT2D eigenvalue weighted by molar-refractivity contribution is 5.89. The number of nitrogens with zero attached hydrogens (tertiary/aromatic N) is 7. The van der Waals surface area contributed by atoms with Gasteiger partial charge in [0.2, 0.25) is 0 Å². The molecule has 5 rings (SSSR count).